The van der Waals surface area contributed by atoms with Crippen LogP contribution in [0.4, 0.5) is 5.69 Å². The van der Waals surface area contributed by atoms with E-state index in [0.29, 0.717) is 12.3 Å². The Morgan fingerprint density at radius 2 is 2.05 bits per heavy atom. The standard InChI is InChI=1S/C15H23N3O3/c1-3-4-7-21-12-5-6-13(11(2)8-12)18-15(20)10-17-14(19)9-16/h5-6,8H,3-4,7,9-10,16H2,1-2H3,(H,17,19)(H,18,20). The number of ether oxygens (including phenoxy) is 1. The van der Waals surface area contributed by atoms with E-state index in [-0.39, 0.29) is 24.9 Å². The summed E-state index contributed by atoms with van der Waals surface area (Å²) in [4.78, 5) is 22.7. The van der Waals surface area contributed by atoms with E-state index >= 15 is 0 Å². The lowest BCUT2D eigenvalue weighted by atomic mass is 10.2. The molecule has 0 bridgehead atoms. The summed E-state index contributed by atoms with van der Waals surface area (Å²) < 4.78 is 5.60. The number of rotatable bonds is 8. The molecule has 0 saturated heterocycles. The van der Waals surface area contributed by atoms with Gasteiger partial charge >= 0.3 is 0 Å². The van der Waals surface area contributed by atoms with Crippen LogP contribution in [0, 0.1) is 6.92 Å². The number of benzene rings is 1. The molecule has 0 radical (unpaired) electrons. The Kier molecular flexibility index (Phi) is 7.25. The summed E-state index contributed by atoms with van der Waals surface area (Å²) in [7, 11) is 0. The zero-order valence-corrected chi connectivity index (χ0v) is 12.6. The number of aryl methyl sites for hydroxylation is 1. The second-order valence-corrected chi connectivity index (χ2v) is 4.71. The van der Waals surface area contributed by atoms with E-state index in [2.05, 4.69) is 17.6 Å². The second-order valence-electron chi connectivity index (χ2n) is 4.71. The molecule has 116 valence electrons. The molecular formula is C15H23N3O3. The number of carbonyl (C=O) groups is 2. The molecule has 4 N–H and O–H groups in total. The number of amides is 2. The highest BCUT2D eigenvalue weighted by Gasteiger charge is 2.07. The average Bonchev–Trinajstić information content (AvgIpc) is 2.47. The molecule has 0 fully saturated rings. The molecule has 0 aromatic heterocycles. The van der Waals surface area contributed by atoms with Gasteiger partial charge in [-0.05, 0) is 37.1 Å². The molecule has 0 saturated carbocycles. The first-order valence-electron chi connectivity index (χ1n) is 7.07. The van der Waals surface area contributed by atoms with Gasteiger partial charge in [-0.3, -0.25) is 9.59 Å². The number of carbonyl (C=O) groups excluding carboxylic acids is 2. The maximum absolute atomic E-state index is 11.7. The van der Waals surface area contributed by atoms with Crippen molar-refractivity contribution in [3.05, 3.63) is 23.8 Å². The van der Waals surface area contributed by atoms with Crippen LogP contribution >= 0.6 is 0 Å². The van der Waals surface area contributed by atoms with Crippen molar-refractivity contribution in [3.8, 4) is 5.75 Å². The summed E-state index contributed by atoms with van der Waals surface area (Å²) >= 11 is 0. The third-order valence-electron chi connectivity index (χ3n) is 2.87. The number of unbranched alkanes of at least 4 members (excludes halogenated alkanes) is 1. The highest BCUT2D eigenvalue weighted by molar-refractivity contribution is 5.95. The maximum atomic E-state index is 11.7. The molecule has 0 unspecified atom stereocenters. The smallest absolute Gasteiger partial charge is 0.243 e. The van der Waals surface area contributed by atoms with Gasteiger partial charge in [-0.1, -0.05) is 13.3 Å². The van der Waals surface area contributed by atoms with Crippen molar-refractivity contribution in [3.63, 3.8) is 0 Å². The van der Waals surface area contributed by atoms with Gasteiger partial charge in [0.25, 0.3) is 0 Å². The Balaban J connectivity index is 2.51. The monoisotopic (exact) mass is 293 g/mol. The van der Waals surface area contributed by atoms with E-state index in [1.54, 1.807) is 6.07 Å². The van der Waals surface area contributed by atoms with Gasteiger partial charge < -0.3 is 21.1 Å². The minimum absolute atomic E-state index is 0.0930. The first-order valence-corrected chi connectivity index (χ1v) is 7.07. The molecule has 0 aliphatic carbocycles. The first kappa shape index (κ1) is 17.0. The van der Waals surface area contributed by atoms with Gasteiger partial charge in [0.2, 0.25) is 11.8 Å². The second kappa shape index (κ2) is 8.97. The fourth-order valence-corrected chi connectivity index (χ4v) is 1.65. The van der Waals surface area contributed by atoms with Crippen molar-refractivity contribution < 1.29 is 14.3 Å². The lowest BCUT2D eigenvalue weighted by Crippen LogP contribution is -2.36. The molecule has 21 heavy (non-hydrogen) atoms. The normalized spacial score (nSPS) is 10.0. The lowest BCUT2D eigenvalue weighted by Gasteiger charge is -2.11. The van der Waals surface area contributed by atoms with Gasteiger partial charge in [-0.2, -0.15) is 0 Å². The van der Waals surface area contributed by atoms with Gasteiger partial charge in [0.05, 0.1) is 19.7 Å². The molecule has 0 heterocycles. The summed E-state index contributed by atoms with van der Waals surface area (Å²) in [6.07, 6.45) is 2.10. The first-order chi connectivity index (χ1) is 10.1. The van der Waals surface area contributed by atoms with Crippen molar-refractivity contribution in [2.75, 3.05) is 25.0 Å². The fraction of sp³-hybridized carbons (Fsp3) is 0.467. The molecule has 0 atom stereocenters. The highest BCUT2D eigenvalue weighted by atomic mass is 16.5. The van der Waals surface area contributed by atoms with Crippen LogP contribution in [-0.2, 0) is 9.59 Å². The molecule has 6 heteroatoms. The Hall–Kier alpha value is -2.08. The Bertz CT molecular complexity index is 489. The van der Waals surface area contributed by atoms with E-state index < -0.39 is 0 Å². The van der Waals surface area contributed by atoms with E-state index in [9.17, 15) is 9.59 Å². The molecule has 2 amide bonds. The summed E-state index contributed by atoms with van der Waals surface area (Å²) in [6.45, 7) is 4.46. The predicted molar refractivity (Wildman–Crippen MR) is 82.3 cm³/mol. The minimum atomic E-state index is -0.360. The van der Waals surface area contributed by atoms with Crippen molar-refractivity contribution in [2.45, 2.75) is 26.7 Å². The predicted octanol–water partition coefficient (Wildman–Crippen LogP) is 1.19. The van der Waals surface area contributed by atoms with E-state index in [0.717, 1.165) is 24.2 Å². The fourth-order valence-electron chi connectivity index (χ4n) is 1.65. The van der Waals surface area contributed by atoms with Crippen molar-refractivity contribution in [1.29, 1.82) is 0 Å². The molecule has 0 aliphatic heterocycles. The number of nitrogens with two attached hydrogens (primary N) is 1. The molecule has 0 aliphatic rings. The largest absolute Gasteiger partial charge is 0.494 e. The molecule has 1 aromatic carbocycles. The highest BCUT2D eigenvalue weighted by Crippen LogP contribution is 2.21. The third kappa shape index (κ3) is 6.27. The van der Waals surface area contributed by atoms with Gasteiger partial charge in [-0.25, -0.2) is 0 Å². The zero-order valence-electron chi connectivity index (χ0n) is 12.6. The van der Waals surface area contributed by atoms with Gasteiger partial charge in [0.15, 0.2) is 0 Å². The average molecular weight is 293 g/mol. The summed E-state index contributed by atoms with van der Waals surface area (Å²) in [5.41, 5.74) is 6.75. The van der Waals surface area contributed by atoms with E-state index in [4.69, 9.17) is 10.5 Å². The summed E-state index contributed by atoms with van der Waals surface area (Å²) in [5, 5.41) is 5.15. The van der Waals surface area contributed by atoms with E-state index in [1.807, 2.05) is 19.1 Å². The molecule has 0 spiro atoms. The van der Waals surface area contributed by atoms with Crippen LogP contribution in [0.25, 0.3) is 0 Å². The van der Waals surface area contributed by atoms with Crippen molar-refractivity contribution in [2.24, 2.45) is 5.73 Å². The maximum Gasteiger partial charge on any atom is 0.243 e. The van der Waals surface area contributed by atoms with Crippen molar-refractivity contribution in [1.82, 2.24) is 5.32 Å². The van der Waals surface area contributed by atoms with Gasteiger partial charge in [0, 0.05) is 5.69 Å². The van der Waals surface area contributed by atoms with Crippen LogP contribution in [0.15, 0.2) is 18.2 Å². The summed E-state index contributed by atoms with van der Waals surface area (Å²) in [6, 6.07) is 5.49. The Morgan fingerprint density at radius 3 is 2.67 bits per heavy atom. The zero-order chi connectivity index (χ0) is 15.7. The van der Waals surface area contributed by atoms with Crippen LogP contribution in [0.2, 0.25) is 0 Å². The Morgan fingerprint density at radius 1 is 1.29 bits per heavy atom. The molecule has 1 rings (SSSR count). The van der Waals surface area contributed by atoms with Gasteiger partial charge in [-0.15, -0.1) is 0 Å². The van der Waals surface area contributed by atoms with E-state index in [1.165, 1.54) is 0 Å². The SMILES string of the molecule is CCCCOc1ccc(NC(=O)CNC(=O)CN)c(C)c1. The number of hydrogen-bond donors (Lipinski definition) is 3. The lowest BCUT2D eigenvalue weighted by molar-refractivity contribution is -0.123. The quantitative estimate of drug-likeness (QED) is 0.628. The number of hydrogen-bond acceptors (Lipinski definition) is 4. The van der Waals surface area contributed by atoms with Crippen LogP contribution in [0.1, 0.15) is 25.3 Å². The molecule has 6 nitrogen and oxygen atoms in total. The third-order valence-corrected chi connectivity index (χ3v) is 2.87. The number of nitrogens with one attached hydrogen (secondary N) is 2. The number of anilines is 1. The van der Waals surface area contributed by atoms with Crippen LogP contribution in [0.5, 0.6) is 5.75 Å². The molecular weight excluding hydrogens is 270 g/mol. The van der Waals surface area contributed by atoms with Crippen LogP contribution in [0.3, 0.4) is 0 Å². The van der Waals surface area contributed by atoms with Gasteiger partial charge in [0.1, 0.15) is 5.75 Å². The van der Waals surface area contributed by atoms with Crippen LogP contribution < -0.4 is 21.1 Å². The Labute approximate surface area is 125 Å². The molecule has 1 aromatic rings. The summed E-state index contributed by atoms with van der Waals surface area (Å²) in [5.74, 6) is 0.136. The van der Waals surface area contributed by atoms with Crippen molar-refractivity contribution >= 4 is 17.5 Å². The van der Waals surface area contributed by atoms with Crippen LogP contribution in [-0.4, -0.2) is 31.5 Å². The minimum Gasteiger partial charge on any atom is -0.494 e. The topological polar surface area (TPSA) is 93.5 Å².